The van der Waals surface area contributed by atoms with Crippen LogP contribution in [0.15, 0.2) is 231 Å². The quantitative estimate of drug-likeness (QED) is 0.167. The summed E-state index contributed by atoms with van der Waals surface area (Å²) < 4.78 is 0. The average Bonchev–Trinajstić information content (AvgIpc) is 3.82. The lowest BCUT2D eigenvalue weighted by molar-refractivity contribution is 0.662. The third-order valence-corrected chi connectivity index (χ3v) is 14.6. The molecule has 2 heteroatoms. The third-order valence-electron chi connectivity index (χ3n) is 14.6. The van der Waals surface area contributed by atoms with Crippen LogP contribution in [0.3, 0.4) is 0 Å². The van der Waals surface area contributed by atoms with Gasteiger partial charge < -0.3 is 0 Å². The highest BCUT2D eigenvalue weighted by Crippen LogP contribution is 2.57. The Hall–Kier alpha value is -8.20. The van der Waals surface area contributed by atoms with Crippen LogP contribution in [-0.4, -0.2) is 9.97 Å². The molecular formula is C64H44N2. The zero-order valence-electron chi connectivity index (χ0n) is 36.8. The molecule has 11 aromatic rings. The fourth-order valence-corrected chi connectivity index (χ4v) is 11.7. The Kier molecular flexibility index (Phi) is 8.51. The van der Waals surface area contributed by atoms with Gasteiger partial charge in [-0.25, -0.2) is 9.97 Å². The summed E-state index contributed by atoms with van der Waals surface area (Å²) in [7, 11) is 0. The van der Waals surface area contributed by atoms with Gasteiger partial charge in [-0.2, -0.15) is 0 Å². The first-order chi connectivity index (χ1) is 32.5. The SMILES string of the molecule is CC1(C)c2ccc3ccccc3c2-c2cccc(-c3ccc(-c4cc(-c5ccc6c(c5)-c5ccccc5C6(c5ccccc5)c5ccccc5)nc(-c5ccccc5)n4)c4ccccc34)c21. The number of nitrogens with zero attached hydrogens (tertiary/aromatic N) is 2. The van der Waals surface area contributed by atoms with Gasteiger partial charge in [0.15, 0.2) is 5.82 Å². The van der Waals surface area contributed by atoms with Gasteiger partial charge in [0.2, 0.25) is 0 Å². The van der Waals surface area contributed by atoms with Gasteiger partial charge in [0, 0.05) is 22.1 Å². The third kappa shape index (κ3) is 5.55. The number of rotatable bonds is 6. The summed E-state index contributed by atoms with van der Waals surface area (Å²) >= 11 is 0. The highest BCUT2D eigenvalue weighted by molar-refractivity contribution is 6.09. The molecule has 0 atom stereocenters. The summed E-state index contributed by atoms with van der Waals surface area (Å²) in [6.45, 7) is 4.78. The molecule has 2 aliphatic rings. The number of benzene rings is 10. The van der Waals surface area contributed by atoms with E-state index >= 15 is 0 Å². The smallest absolute Gasteiger partial charge is 0.160 e. The monoisotopic (exact) mass is 840 g/mol. The molecule has 1 aromatic heterocycles. The predicted octanol–water partition coefficient (Wildman–Crippen LogP) is 16.1. The predicted molar refractivity (Wildman–Crippen MR) is 274 cm³/mol. The molecule has 0 radical (unpaired) electrons. The minimum Gasteiger partial charge on any atom is -0.228 e. The summed E-state index contributed by atoms with van der Waals surface area (Å²) in [5, 5.41) is 4.95. The Balaban J connectivity index is 0.998. The van der Waals surface area contributed by atoms with Crippen LogP contribution in [-0.2, 0) is 10.8 Å². The second kappa shape index (κ2) is 14.7. The van der Waals surface area contributed by atoms with E-state index in [4.69, 9.17) is 9.97 Å². The Morgan fingerprint density at radius 2 is 0.894 bits per heavy atom. The van der Waals surface area contributed by atoms with Crippen LogP contribution in [0.2, 0.25) is 0 Å². The zero-order chi connectivity index (χ0) is 44.0. The number of fused-ring (bicyclic) bond motifs is 9. The molecule has 0 aliphatic heterocycles. The maximum Gasteiger partial charge on any atom is 0.160 e. The molecule has 0 N–H and O–H groups in total. The van der Waals surface area contributed by atoms with E-state index < -0.39 is 5.41 Å². The highest BCUT2D eigenvalue weighted by atomic mass is 14.9. The zero-order valence-corrected chi connectivity index (χ0v) is 36.8. The summed E-state index contributed by atoms with van der Waals surface area (Å²) in [5.41, 5.74) is 19.7. The van der Waals surface area contributed by atoms with E-state index in [1.54, 1.807) is 0 Å². The maximum absolute atomic E-state index is 5.39. The summed E-state index contributed by atoms with van der Waals surface area (Å²) in [5.74, 6) is 0.702. The highest BCUT2D eigenvalue weighted by Gasteiger charge is 2.46. The van der Waals surface area contributed by atoms with Crippen molar-refractivity contribution in [1.82, 2.24) is 9.97 Å². The molecule has 10 aromatic carbocycles. The van der Waals surface area contributed by atoms with Crippen molar-refractivity contribution in [2.75, 3.05) is 0 Å². The lowest BCUT2D eigenvalue weighted by Gasteiger charge is -2.33. The first-order valence-electron chi connectivity index (χ1n) is 23.0. The Labute approximate surface area is 385 Å². The molecule has 0 unspecified atom stereocenters. The molecule has 2 aliphatic carbocycles. The fraction of sp³-hybridized carbons (Fsp3) is 0.0625. The normalized spacial score (nSPS) is 13.8. The number of hydrogen-bond donors (Lipinski definition) is 0. The number of aromatic nitrogens is 2. The van der Waals surface area contributed by atoms with Gasteiger partial charge in [-0.15, -0.1) is 0 Å². The molecule has 13 rings (SSSR count). The van der Waals surface area contributed by atoms with Gasteiger partial charge in [0.05, 0.1) is 16.8 Å². The standard InChI is InChI=1S/C64H44N2/c1-63(2)57-38-33-41-19-12-13-26-46(41)60(57)53-31-18-30-52(61(53)63)49-35-36-51(48-28-15-14-27-47(48)49)59-40-58(65-62(66-59)42-20-6-3-7-21-42)43-34-37-56-54(39-43)50-29-16-17-32-55(50)64(56,44-22-8-4-9-23-44)45-24-10-5-11-25-45/h3-40H,1-2H3. The van der Waals surface area contributed by atoms with E-state index in [0.717, 1.165) is 33.5 Å². The van der Waals surface area contributed by atoms with Gasteiger partial charge in [-0.05, 0) is 100 Å². The van der Waals surface area contributed by atoms with Crippen LogP contribution in [0.4, 0.5) is 0 Å². The molecule has 0 fully saturated rings. The average molecular weight is 841 g/mol. The first kappa shape index (κ1) is 38.3. The lowest BCUT2D eigenvalue weighted by Crippen LogP contribution is -2.28. The van der Waals surface area contributed by atoms with Gasteiger partial charge in [-0.1, -0.05) is 232 Å². The summed E-state index contributed by atoms with van der Waals surface area (Å²) in [6, 6.07) is 84.3. The molecule has 0 bridgehead atoms. The van der Waals surface area contributed by atoms with Gasteiger partial charge in [0.1, 0.15) is 0 Å². The maximum atomic E-state index is 5.39. The minimum atomic E-state index is -0.468. The van der Waals surface area contributed by atoms with Crippen molar-refractivity contribution in [3.63, 3.8) is 0 Å². The van der Waals surface area contributed by atoms with Crippen molar-refractivity contribution in [1.29, 1.82) is 0 Å². The molecule has 2 nitrogen and oxygen atoms in total. The number of hydrogen-bond acceptors (Lipinski definition) is 2. The van der Waals surface area contributed by atoms with Gasteiger partial charge >= 0.3 is 0 Å². The van der Waals surface area contributed by atoms with Crippen molar-refractivity contribution in [3.05, 3.63) is 264 Å². The van der Waals surface area contributed by atoms with Crippen LogP contribution in [0.25, 0.3) is 88.8 Å². The van der Waals surface area contributed by atoms with Crippen LogP contribution in [0.1, 0.15) is 47.2 Å². The first-order valence-corrected chi connectivity index (χ1v) is 23.0. The fourth-order valence-electron chi connectivity index (χ4n) is 11.7. The van der Waals surface area contributed by atoms with Gasteiger partial charge in [0.25, 0.3) is 0 Å². The van der Waals surface area contributed by atoms with E-state index in [-0.39, 0.29) is 5.41 Å². The molecule has 66 heavy (non-hydrogen) atoms. The van der Waals surface area contributed by atoms with E-state index in [1.807, 2.05) is 6.07 Å². The molecule has 310 valence electrons. The van der Waals surface area contributed by atoms with Crippen molar-refractivity contribution in [2.45, 2.75) is 24.7 Å². The Bertz CT molecular complexity index is 3680. The molecule has 1 heterocycles. The van der Waals surface area contributed by atoms with Crippen molar-refractivity contribution >= 4 is 21.5 Å². The van der Waals surface area contributed by atoms with Crippen LogP contribution in [0, 0.1) is 0 Å². The molecule has 0 saturated heterocycles. The summed E-state index contributed by atoms with van der Waals surface area (Å²) in [4.78, 5) is 10.8. The van der Waals surface area contributed by atoms with E-state index in [9.17, 15) is 0 Å². The second-order valence-corrected chi connectivity index (χ2v) is 18.4. The molecule has 0 saturated carbocycles. The topological polar surface area (TPSA) is 25.8 Å². The molecule has 0 spiro atoms. The van der Waals surface area contributed by atoms with Crippen LogP contribution < -0.4 is 0 Å². The van der Waals surface area contributed by atoms with Crippen molar-refractivity contribution in [3.8, 4) is 67.3 Å². The largest absolute Gasteiger partial charge is 0.228 e. The molecular weight excluding hydrogens is 797 g/mol. The minimum absolute atomic E-state index is 0.185. The van der Waals surface area contributed by atoms with E-state index in [0.29, 0.717) is 5.82 Å². The van der Waals surface area contributed by atoms with Crippen LogP contribution >= 0.6 is 0 Å². The van der Waals surface area contributed by atoms with Crippen molar-refractivity contribution < 1.29 is 0 Å². The van der Waals surface area contributed by atoms with E-state index in [1.165, 1.54) is 82.9 Å². The van der Waals surface area contributed by atoms with Crippen LogP contribution in [0.5, 0.6) is 0 Å². The summed E-state index contributed by atoms with van der Waals surface area (Å²) in [6.07, 6.45) is 0. The second-order valence-electron chi connectivity index (χ2n) is 18.4. The van der Waals surface area contributed by atoms with E-state index in [2.05, 4.69) is 238 Å². The lowest BCUT2D eigenvalue weighted by atomic mass is 9.67. The Morgan fingerprint density at radius 3 is 1.65 bits per heavy atom. The Morgan fingerprint density at radius 1 is 0.333 bits per heavy atom. The van der Waals surface area contributed by atoms with Gasteiger partial charge in [-0.3, -0.25) is 0 Å². The molecule has 0 amide bonds. The van der Waals surface area contributed by atoms with Crippen molar-refractivity contribution in [2.24, 2.45) is 0 Å².